The quantitative estimate of drug-likeness (QED) is 0.828. The molecule has 1 fully saturated rings. The Kier molecular flexibility index (Phi) is 4.14. The number of nitrogens with zero attached hydrogens (tertiary/aromatic N) is 3. The summed E-state index contributed by atoms with van der Waals surface area (Å²) in [6.45, 7) is 6.69. The SMILES string of the molecule is CCCNc1snnc1CN1C(=O)C(C)C(C)C1=O. The number of carbonyl (C=O) groups is 2. The summed E-state index contributed by atoms with van der Waals surface area (Å²) in [5, 5.41) is 8.07. The zero-order valence-electron chi connectivity index (χ0n) is 11.3. The Balaban J connectivity index is 2.11. The summed E-state index contributed by atoms with van der Waals surface area (Å²) >= 11 is 1.26. The predicted octanol–water partition coefficient (Wildman–Crippen LogP) is 1.50. The van der Waals surface area contributed by atoms with Gasteiger partial charge in [-0.05, 0) is 6.42 Å². The highest BCUT2D eigenvalue weighted by Crippen LogP contribution is 2.28. The van der Waals surface area contributed by atoms with Gasteiger partial charge in [0, 0.05) is 29.9 Å². The van der Waals surface area contributed by atoms with Gasteiger partial charge in [0.2, 0.25) is 11.8 Å². The van der Waals surface area contributed by atoms with Crippen molar-refractivity contribution in [2.75, 3.05) is 11.9 Å². The molecular formula is C12H18N4O2S. The highest BCUT2D eigenvalue weighted by molar-refractivity contribution is 7.10. The molecule has 2 unspecified atom stereocenters. The van der Waals surface area contributed by atoms with Gasteiger partial charge in [0.1, 0.15) is 10.7 Å². The molecule has 1 aliphatic rings. The van der Waals surface area contributed by atoms with E-state index in [0.29, 0.717) is 5.69 Å². The molecule has 1 N–H and O–H groups in total. The van der Waals surface area contributed by atoms with Gasteiger partial charge in [0.05, 0.1) is 6.54 Å². The van der Waals surface area contributed by atoms with Gasteiger partial charge in [-0.25, -0.2) is 0 Å². The van der Waals surface area contributed by atoms with Crippen molar-refractivity contribution in [3.63, 3.8) is 0 Å². The van der Waals surface area contributed by atoms with E-state index in [1.54, 1.807) is 13.8 Å². The first-order chi connectivity index (χ1) is 9.06. The van der Waals surface area contributed by atoms with E-state index in [2.05, 4.69) is 21.8 Å². The molecule has 19 heavy (non-hydrogen) atoms. The van der Waals surface area contributed by atoms with E-state index >= 15 is 0 Å². The normalized spacial score (nSPS) is 23.2. The van der Waals surface area contributed by atoms with Gasteiger partial charge in [-0.2, -0.15) is 0 Å². The van der Waals surface area contributed by atoms with Crippen LogP contribution in [-0.4, -0.2) is 32.8 Å². The number of anilines is 1. The molecule has 2 atom stereocenters. The van der Waals surface area contributed by atoms with Crippen LogP contribution in [0.1, 0.15) is 32.9 Å². The van der Waals surface area contributed by atoms with E-state index in [4.69, 9.17) is 0 Å². The topological polar surface area (TPSA) is 75.2 Å². The van der Waals surface area contributed by atoms with E-state index in [-0.39, 0.29) is 30.2 Å². The summed E-state index contributed by atoms with van der Waals surface area (Å²) in [4.78, 5) is 25.3. The molecule has 1 aliphatic heterocycles. The second-order valence-electron chi connectivity index (χ2n) is 4.82. The minimum absolute atomic E-state index is 0.119. The van der Waals surface area contributed by atoms with E-state index < -0.39 is 0 Å². The highest BCUT2D eigenvalue weighted by atomic mass is 32.1. The first-order valence-electron chi connectivity index (χ1n) is 6.46. The number of imide groups is 1. The van der Waals surface area contributed by atoms with Crippen LogP contribution in [0.4, 0.5) is 5.00 Å². The second kappa shape index (κ2) is 5.64. The Labute approximate surface area is 116 Å². The summed E-state index contributed by atoms with van der Waals surface area (Å²) in [7, 11) is 0. The van der Waals surface area contributed by atoms with Crippen molar-refractivity contribution >= 4 is 28.3 Å². The number of carbonyl (C=O) groups excluding carboxylic acids is 2. The van der Waals surface area contributed by atoms with Crippen molar-refractivity contribution in [3.8, 4) is 0 Å². The van der Waals surface area contributed by atoms with Crippen LogP contribution in [-0.2, 0) is 16.1 Å². The fourth-order valence-corrected chi connectivity index (χ4v) is 2.62. The molecule has 7 heteroatoms. The number of likely N-dealkylation sites (tertiary alicyclic amines) is 1. The third-order valence-electron chi connectivity index (χ3n) is 3.46. The molecule has 104 valence electrons. The van der Waals surface area contributed by atoms with Gasteiger partial charge in [0.15, 0.2) is 0 Å². The minimum atomic E-state index is -0.244. The summed E-state index contributed by atoms with van der Waals surface area (Å²) in [5.41, 5.74) is 0.668. The molecule has 1 aromatic rings. The van der Waals surface area contributed by atoms with Crippen molar-refractivity contribution in [2.45, 2.75) is 33.7 Å². The van der Waals surface area contributed by atoms with Crippen LogP contribution in [0.25, 0.3) is 0 Å². The Morgan fingerprint density at radius 3 is 2.47 bits per heavy atom. The van der Waals surface area contributed by atoms with Crippen LogP contribution in [0.2, 0.25) is 0 Å². The lowest BCUT2D eigenvalue weighted by Gasteiger charge is -2.13. The van der Waals surface area contributed by atoms with Gasteiger partial charge in [0.25, 0.3) is 0 Å². The van der Waals surface area contributed by atoms with Gasteiger partial charge >= 0.3 is 0 Å². The molecule has 6 nitrogen and oxygen atoms in total. The van der Waals surface area contributed by atoms with Crippen molar-refractivity contribution in [1.29, 1.82) is 0 Å². The summed E-state index contributed by atoms with van der Waals surface area (Å²) < 4.78 is 3.89. The van der Waals surface area contributed by atoms with Gasteiger partial charge in [-0.1, -0.05) is 25.3 Å². The number of rotatable bonds is 5. The van der Waals surface area contributed by atoms with Crippen molar-refractivity contribution in [3.05, 3.63) is 5.69 Å². The molecule has 0 saturated carbocycles. The largest absolute Gasteiger partial charge is 0.374 e. The third-order valence-corrected chi connectivity index (χ3v) is 4.19. The van der Waals surface area contributed by atoms with Gasteiger partial charge in [-0.3, -0.25) is 14.5 Å². The molecule has 0 bridgehead atoms. The van der Waals surface area contributed by atoms with E-state index in [1.807, 2.05) is 0 Å². The van der Waals surface area contributed by atoms with E-state index in [0.717, 1.165) is 18.0 Å². The van der Waals surface area contributed by atoms with Gasteiger partial charge in [-0.15, -0.1) is 5.10 Å². The Bertz CT molecular complexity index is 468. The van der Waals surface area contributed by atoms with Crippen LogP contribution in [0.15, 0.2) is 0 Å². The maximum Gasteiger partial charge on any atom is 0.233 e. The predicted molar refractivity (Wildman–Crippen MR) is 72.6 cm³/mol. The molecule has 1 aromatic heterocycles. The molecule has 2 rings (SSSR count). The lowest BCUT2D eigenvalue weighted by molar-refractivity contribution is -0.140. The second-order valence-corrected chi connectivity index (χ2v) is 5.57. The number of nitrogens with one attached hydrogen (secondary N) is 1. The monoisotopic (exact) mass is 282 g/mol. The van der Waals surface area contributed by atoms with Crippen molar-refractivity contribution < 1.29 is 9.59 Å². The van der Waals surface area contributed by atoms with Crippen LogP contribution in [0.5, 0.6) is 0 Å². The zero-order valence-corrected chi connectivity index (χ0v) is 12.2. The first kappa shape index (κ1) is 13.9. The molecule has 0 aliphatic carbocycles. The maximum atomic E-state index is 12.0. The number of amides is 2. The Morgan fingerprint density at radius 2 is 1.89 bits per heavy atom. The molecule has 0 aromatic carbocycles. The van der Waals surface area contributed by atoms with Gasteiger partial charge < -0.3 is 5.32 Å². The van der Waals surface area contributed by atoms with Crippen molar-refractivity contribution in [1.82, 2.24) is 14.5 Å². The standard InChI is InChI=1S/C12H18N4O2S/c1-4-5-13-10-9(14-15-19-10)6-16-11(17)7(2)8(3)12(16)18/h7-8,13H,4-6H2,1-3H3. The lowest BCUT2D eigenvalue weighted by atomic mass is 10.00. The van der Waals surface area contributed by atoms with E-state index in [1.165, 1.54) is 16.4 Å². The number of aromatic nitrogens is 2. The molecule has 2 heterocycles. The first-order valence-corrected chi connectivity index (χ1v) is 7.23. The maximum absolute atomic E-state index is 12.0. The molecule has 0 radical (unpaired) electrons. The Hall–Kier alpha value is -1.50. The number of hydrogen-bond donors (Lipinski definition) is 1. The molecule has 2 amide bonds. The Morgan fingerprint density at radius 1 is 1.26 bits per heavy atom. The van der Waals surface area contributed by atoms with Crippen LogP contribution in [0.3, 0.4) is 0 Å². The average molecular weight is 282 g/mol. The molecule has 1 saturated heterocycles. The molecular weight excluding hydrogens is 264 g/mol. The summed E-state index contributed by atoms with van der Waals surface area (Å²) in [6, 6.07) is 0. The fourth-order valence-electron chi connectivity index (χ4n) is 2.02. The fraction of sp³-hybridized carbons (Fsp3) is 0.667. The smallest absolute Gasteiger partial charge is 0.233 e. The van der Waals surface area contributed by atoms with E-state index in [9.17, 15) is 9.59 Å². The van der Waals surface area contributed by atoms with Crippen molar-refractivity contribution in [2.24, 2.45) is 11.8 Å². The van der Waals surface area contributed by atoms with Crippen LogP contribution >= 0.6 is 11.5 Å². The minimum Gasteiger partial charge on any atom is -0.374 e. The zero-order chi connectivity index (χ0) is 14.0. The summed E-state index contributed by atoms with van der Waals surface area (Å²) in [5.74, 6) is -0.726. The lowest BCUT2D eigenvalue weighted by Crippen LogP contribution is -2.30. The third kappa shape index (κ3) is 2.60. The van der Waals surface area contributed by atoms with Crippen LogP contribution in [0, 0.1) is 11.8 Å². The number of hydrogen-bond acceptors (Lipinski definition) is 6. The average Bonchev–Trinajstić information content (AvgIpc) is 2.92. The highest BCUT2D eigenvalue weighted by Gasteiger charge is 2.42. The van der Waals surface area contributed by atoms with Crippen LogP contribution < -0.4 is 5.32 Å². The molecule has 0 spiro atoms. The summed E-state index contributed by atoms with van der Waals surface area (Å²) in [6.07, 6.45) is 0.993.